The third-order valence-corrected chi connectivity index (χ3v) is 3.69. The average Bonchev–Trinajstić information content (AvgIpc) is 2.61. The van der Waals surface area contributed by atoms with Crippen LogP contribution in [-0.2, 0) is 13.0 Å². The maximum Gasteiger partial charge on any atom is 0.169 e. The van der Waals surface area contributed by atoms with Gasteiger partial charge in [-0.15, -0.1) is 0 Å². The quantitative estimate of drug-likeness (QED) is 0.601. The SMILES string of the molecule is C(=C\c1cc[n+](CCc2ccccc2)cc1)/c1ccccc1.[Br-]. The van der Waals surface area contributed by atoms with Crippen molar-refractivity contribution < 1.29 is 21.5 Å². The minimum absolute atomic E-state index is 0. The summed E-state index contributed by atoms with van der Waals surface area (Å²) in [5.41, 5.74) is 3.83. The van der Waals surface area contributed by atoms with Crippen LogP contribution in [0, 0.1) is 0 Å². The highest BCUT2D eigenvalue weighted by atomic mass is 79.9. The molecule has 0 fully saturated rings. The smallest absolute Gasteiger partial charge is 0.169 e. The van der Waals surface area contributed by atoms with Crippen molar-refractivity contribution in [3.05, 3.63) is 102 Å². The molecule has 0 aliphatic rings. The van der Waals surface area contributed by atoms with Crippen LogP contribution in [0.5, 0.6) is 0 Å². The normalized spacial score (nSPS) is 10.4. The molecule has 3 rings (SSSR count). The van der Waals surface area contributed by atoms with Crippen LogP contribution in [0.1, 0.15) is 16.7 Å². The van der Waals surface area contributed by atoms with Crippen LogP contribution in [0.15, 0.2) is 85.2 Å². The molecule has 0 aliphatic heterocycles. The molecular formula is C21H20BrN. The number of rotatable bonds is 5. The van der Waals surface area contributed by atoms with Gasteiger partial charge in [0.1, 0.15) is 0 Å². The number of hydrogen-bond acceptors (Lipinski definition) is 0. The van der Waals surface area contributed by atoms with E-state index in [9.17, 15) is 0 Å². The van der Waals surface area contributed by atoms with E-state index in [1.807, 2.05) is 6.07 Å². The number of pyridine rings is 1. The highest BCUT2D eigenvalue weighted by Gasteiger charge is 2.00. The molecule has 3 aromatic rings. The van der Waals surface area contributed by atoms with Gasteiger partial charge in [0.15, 0.2) is 18.9 Å². The van der Waals surface area contributed by atoms with Gasteiger partial charge in [0.2, 0.25) is 0 Å². The Morgan fingerprint density at radius 2 is 1.17 bits per heavy atom. The number of aromatic nitrogens is 1. The fourth-order valence-corrected chi connectivity index (χ4v) is 2.39. The van der Waals surface area contributed by atoms with Gasteiger partial charge >= 0.3 is 0 Å². The first-order valence-corrected chi connectivity index (χ1v) is 7.66. The highest BCUT2D eigenvalue weighted by molar-refractivity contribution is 5.68. The van der Waals surface area contributed by atoms with E-state index < -0.39 is 0 Å². The molecule has 0 amide bonds. The van der Waals surface area contributed by atoms with E-state index in [0.717, 1.165) is 13.0 Å². The molecule has 0 N–H and O–H groups in total. The van der Waals surface area contributed by atoms with Crippen LogP contribution in [0.2, 0.25) is 0 Å². The molecule has 0 unspecified atom stereocenters. The van der Waals surface area contributed by atoms with Gasteiger partial charge in [-0.3, -0.25) is 0 Å². The highest BCUT2D eigenvalue weighted by Crippen LogP contribution is 2.06. The first-order valence-electron chi connectivity index (χ1n) is 7.66. The topological polar surface area (TPSA) is 3.88 Å². The van der Waals surface area contributed by atoms with E-state index in [1.54, 1.807) is 0 Å². The maximum atomic E-state index is 2.23. The van der Waals surface area contributed by atoms with Crippen LogP contribution in [-0.4, -0.2) is 0 Å². The van der Waals surface area contributed by atoms with Gasteiger partial charge in [0.25, 0.3) is 0 Å². The number of aryl methyl sites for hydroxylation is 2. The molecule has 1 aromatic heterocycles. The number of nitrogens with zero attached hydrogens (tertiary/aromatic N) is 1. The molecule has 1 heterocycles. The summed E-state index contributed by atoms with van der Waals surface area (Å²) in [6.07, 6.45) is 9.65. The van der Waals surface area contributed by atoms with Gasteiger partial charge in [0, 0.05) is 18.6 Å². The Balaban J connectivity index is 0.00000192. The lowest BCUT2D eigenvalue weighted by Crippen LogP contribution is -3.00. The van der Waals surface area contributed by atoms with Crippen molar-refractivity contribution in [3.8, 4) is 0 Å². The summed E-state index contributed by atoms with van der Waals surface area (Å²) in [7, 11) is 0. The van der Waals surface area contributed by atoms with Gasteiger partial charge in [-0.2, -0.15) is 0 Å². The first-order chi connectivity index (χ1) is 10.9. The Kier molecular flexibility index (Phi) is 6.76. The Bertz CT molecular complexity index is 719. The number of halogens is 1. The average molecular weight is 366 g/mol. The summed E-state index contributed by atoms with van der Waals surface area (Å²) in [5.74, 6) is 0. The predicted octanol–water partition coefficient (Wildman–Crippen LogP) is 1.39. The molecule has 23 heavy (non-hydrogen) atoms. The van der Waals surface area contributed by atoms with Gasteiger partial charge in [-0.05, 0) is 16.7 Å². The molecule has 0 bridgehead atoms. The molecular weight excluding hydrogens is 346 g/mol. The van der Waals surface area contributed by atoms with E-state index in [-0.39, 0.29) is 17.0 Å². The second-order valence-corrected chi connectivity index (χ2v) is 5.35. The largest absolute Gasteiger partial charge is 1.00 e. The molecule has 2 aromatic carbocycles. The van der Waals surface area contributed by atoms with Crippen molar-refractivity contribution in [3.63, 3.8) is 0 Å². The standard InChI is InChI=1S/C21H20N.BrH/c1-3-7-19(8-4-1)11-12-21-14-17-22(18-15-21)16-13-20-9-5-2-6-10-20;/h1-12,14-15,17-18H,13,16H2;1H/q+1;/p-1/b12-11+;. The first kappa shape index (κ1) is 17.2. The second-order valence-electron chi connectivity index (χ2n) is 5.35. The molecule has 116 valence electrons. The van der Waals surface area contributed by atoms with Crippen molar-refractivity contribution in [2.75, 3.05) is 0 Å². The molecule has 0 atom stereocenters. The Labute approximate surface area is 148 Å². The minimum atomic E-state index is 0. The number of hydrogen-bond donors (Lipinski definition) is 0. The lowest BCUT2D eigenvalue weighted by atomic mass is 10.1. The Morgan fingerprint density at radius 3 is 1.78 bits per heavy atom. The van der Waals surface area contributed by atoms with Gasteiger partial charge in [0.05, 0.1) is 0 Å². The van der Waals surface area contributed by atoms with Crippen LogP contribution < -0.4 is 21.5 Å². The summed E-state index contributed by atoms with van der Waals surface area (Å²) in [4.78, 5) is 0. The van der Waals surface area contributed by atoms with Gasteiger partial charge in [-0.25, -0.2) is 4.57 Å². The zero-order valence-corrected chi connectivity index (χ0v) is 14.6. The maximum absolute atomic E-state index is 2.23. The third-order valence-electron chi connectivity index (χ3n) is 3.69. The van der Waals surface area contributed by atoms with Crippen LogP contribution in [0.25, 0.3) is 12.2 Å². The minimum Gasteiger partial charge on any atom is -1.00 e. The van der Waals surface area contributed by atoms with E-state index >= 15 is 0 Å². The van der Waals surface area contributed by atoms with Crippen molar-refractivity contribution >= 4 is 12.2 Å². The molecule has 0 spiro atoms. The predicted molar refractivity (Wildman–Crippen MR) is 92.2 cm³/mol. The van der Waals surface area contributed by atoms with Crippen LogP contribution in [0.4, 0.5) is 0 Å². The van der Waals surface area contributed by atoms with Crippen molar-refractivity contribution in [1.29, 1.82) is 0 Å². The lowest BCUT2D eigenvalue weighted by Gasteiger charge is -1.99. The second kappa shape index (κ2) is 9.06. The third kappa shape index (κ3) is 5.50. The summed E-state index contributed by atoms with van der Waals surface area (Å²) in [5, 5.41) is 0. The van der Waals surface area contributed by atoms with E-state index in [2.05, 4.69) is 95.8 Å². The fraction of sp³-hybridized carbons (Fsp3) is 0.0952. The zero-order valence-electron chi connectivity index (χ0n) is 13.0. The van der Waals surface area contributed by atoms with Crippen LogP contribution >= 0.6 is 0 Å². The van der Waals surface area contributed by atoms with Crippen LogP contribution in [0.3, 0.4) is 0 Å². The molecule has 0 radical (unpaired) electrons. The molecule has 0 saturated carbocycles. The summed E-state index contributed by atoms with van der Waals surface area (Å²) in [6.45, 7) is 1.01. The molecule has 1 nitrogen and oxygen atoms in total. The van der Waals surface area contributed by atoms with Crippen molar-refractivity contribution in [2.45, 2.75) is 13.0 Å². The molecule has 2 heteroatoms. The monoisotopic (exact) mass is 365 g/mol. The van der Waals surface area contributed by atoms with Gasteiger partial charge in [-0.1, -0.05) is 72.8 Å². The van der Waals surface area contributed by atoms with Crippen molar-refractivity contribution in [1.82, 2.24) is 0 Å². The van der Waals surface area contributed by atoms with E-state index in [4.69, 9.17) is 0 Å². The summed E-state index contributed by atoms with van der Waals surface area (Å²) in [6, 6.07) is 25.3. The zero-order chi connectivity index (χ0) is 15.0. The summed E-state index contributed by atoms with van der Waals surface area (Å²) < 4.78 is 2.23. The summed E-state index contributed by atoms with van der Waals surface area (Å²) >= 11 is 0. The van der Waals surface area contributed by atoms with E-state index in [0.29, 0.717) is 0 Å². The van der Waals surface area contributed by atoms with E-state index in [1.165, 1.54) is 16.7 Å². The molecule has 0 saturated heterocycles. The Morgan fingerprint density at radius 1 is 0.652 bits per heavy atom. The van der Waals surface area contributed by atoms with Gasteiger partial charge < -0.3 is 17.0 Å². The molecule has 0 aliphatic carbocycles. The Hall–Kier alpha value is -2.19. The lowest BCUT2D eigenvalue weighted by molar-refractivity contribution is -0.696. The number of benzene rings is 2. The van der Waals surface area contributed by atoms with Crippen molar-refractivity contribution in [2.24, 2.45) is 0 Å². The fourth-order valence-electron chi connectivity index (χ4n) is 2.39.